The smallest absolute Gasteiger partial charge is 0.267 e. The third-order valence-electron chi connectivity index (χ3n) is 4.68. The number of sulfonamides is 1. The maximum absolute atomic E-state index is 13.0. The molecule has 0 fully saturated rings. The van der Waals surface area contributed by atoms with Gasteiger partial charge < -0.3 is 0 Å². The van der Waals surface area contributed by atoms with E-state index in [1.54, 1.807) is 31.0 Å². The van der Waals surface area contributed by atoms with Crippen molar-refractivity contribution in [3.05, 3.63) is 90.5 Å². The van der Waals surface area contributed by atoms with Gasteiger partial charge in [0.25, 0.3) is 5.91 Å². The first-order valence-corrected chi connectivity index (χ1v) is 11.2. The molecule has 0 aliphatic rings. The molecule has 0 aromatic heterocycles. The molecule has 30 heavy (non-hydrogen) atoms. The molecule has 3 aromatic carbocycles. The van der Waals surface area contributed by atoms with Gasteiger partial charge in [0.2, 0.25) is 10.0 Å². The van der Waals surface area contributed by atoms with E-state index in [-0.39, 0.29) is 10.5 Å². The van der Waals surface area contributed by atoms with Crippen LogP contribution in [0.25, 0.3) is 0 Å². The molecule has 156 valence electrons. The third kappa shape index (κ3) is 4.69. The quantitative estimate of drug-likeness (QED) is 0.551. The minimum Gasteiger partial charge on any atom is -0.267 e. The van der Waals surface area contributed by atoms with Crippen LogP contribution in [-0.2, 0) is 10.0 Å². The second-order valence-electron chi connectivity index (χ2n) is 6.56. The normalized spacial score (nSPS) is 11.3. The van der Waals surface area contributed by atoms with E-state index < -0.39 is 15.9 Å². The molecular formula is C23H25N3O3S. The molecule has 0 heterocycles. The van der Waals surface area contributed by atoms with Gasteiger partial charge in [0, 0.05) is 18.7 Å². The Bertz CT molecular complexity index is 1040. The van der Waals surface area contributed by atoms with Gasteiger partial charge >= 0.3 is 0 Å². The second-order valence-corrected chi connectivity index (χ2v) is 8.50. The van der Waals surface area contributed by atoms with Crippen LogP contribution in [0.5, 0.6) is 0 Å². The van der Waals surface area contributed by atoms with Crippen LogP contribution in [0.3, 0.4) is 0 Å². The largest absolute Gasteiger partial charge is 0.270 e. The number of benzene rings is 3. The molecule has 0 aliphatic carbocycles. The molecule has 6 nitrogen and oxygen atoms in total. The zero-order chi connectivity index (χ0) is 21.6. The first-order chi connectivity index (χ1) is 14.5. The van der Waals surface area contributed by atoms with Gasteiger partial charge in [-0.25, -0.2) is 8.42 Å². The van der Waals surface area contributed by atoms with Crippen molar-refractivity contribution in [2.75, 3.05) is 18.1 Å². The summed E-state index contributed by atoms with van der Waals surface area (Å²) >= 11 is 0. The van der Waals surface area contributed by atoms with Crippen LogP contribution in [0.15, 0.2) is 89.8 Å². The number of carbonyl (C=O) groups is 1. The van der Waals surface area contributed by atoms with Gasteiger partial charge in [-0.05, 0) is 42.5 Å². The van der Waals surface area contributed by atoms with Crippen LogP contribution in [0, 0.1) is 0 Å². The minimum atomic E-state index is -3.65. The Morgan fingerprint density at radius 2 is 1.33 bits per heavy atom. The summed E-state index contributed by atoms with van der Waals surface area (Å²) < 4.78 is 27.0. The highest BCUT2D eigenvalue weighted by atomic mass is 32.2. The first kappa shape index (κ1) is 21.5. The lowest BCUT2D eigenvalue weighted by molar-refractivity contribution is 0.0953. The van der Waals surface area contributed by atoms with Crippen molar-refractivity contribution in [1.82, 2.24) is 9.73 Å². The minimum absolute atomic E-state index is 0.102. The Kier molecular flexibility index (Phi) is 6.87. The molecule has 0 bridgehead atoms. The summed E-state index contributed by atoms with van der Waals surface area (Å²) in [5.74, 6) is -0.403. The summed E-state index contributed by atoms with van der Waals surface area (Å²) in [7, 11) is -3.65. The van der Waals surface area contributed by atoms with Gasteiger partial charge in [-0.15, -0.1) is 0 Å². The fraction of sp³-hybridized carbons (Fsp3) is 0.174. The Balaban J connectivity index is 1.92. The van der Waals surface area contributed by atoms with Gasteiger partial charge in [0.15, 0.2) is 0 Å². The molecule has 3 rings (SSSR count). The number of hydrogen-bond donors (Lipinski definition) is 1. The molecule has 1 N–H and O–H groups in total. The lowest BCUT2D eigenvalue weighted by Crippen LogP contribution is -2.39. The molecule has 7 heteroatoms. The van der Waals surface area contributed by atoms with Gasteiger partial charge in [-0.2, -0.15) is 4.31 Å². The van der Waals surface area contributed by atoms with Crippen LogP contribution in [0.2, 0.25) is 0 Å². The van der Waals surface area contributed by atoms with Crippen molar-refractivity contribution in [1.29, 1.82) is 0 Å². The highest BCUT2D eigenvalue weighted by molar-refractivity contribution is 7.89. The number of rotatable bonds is 8. The van der Waals surface area contributed by atoms with E-state index in [4.69, 9.17) is 0 Å². The van der Waals surface area contributed by atoms with Crippen molar-refractivity contribution < 1.29 is 13.2 Å². The molecule has 1 amide bonds. The molecule has 0 atom stereocenters. The van der Waals surface area contributed by atoms with Crippen molar-refractivity contribution in [3.8, 4) is 0 Å². The summed E-state index contributed by atoms with van der Waals surface area (Å²) in [5.41, 5.74) is 4.71. The summed E-state index contributed by atoms with van der Waals surface area (Å²) in [5, 5.41) is 1.67. The molecular weight excluding hydrogens is 398 g/mol. The number of hydrazine groups is 1. The van der Waals surface area contributed by atoms with Gasteiger partial charge in [0.1, 0.15) is 0 Å². The van der Waals surface area contributed by atoms with E-state index in [1.807, 2.05) is 60.7 Å². The summed E-state index contributed by atoms with van der Waals surface area (Å²) in [4.78, 5) is 13.1. The standard InChI is InChI=1S/C23H25N3O3S/c1-3-25(4-2)30(28,29)22-17-11-12-19(18-22)23(27)24-26(20-13-7-5-8-14-20)21-15-9-6-10-16-21/h5-18H,3-4H2,1-2H3,(H,24,27). The number of nitrogens with zero attached hydrogens (tertiary/aromatic N) is 2. The topological polar surface area (TPSA) is 69.7 Å². The first-order valence-electron chi connectivity index (χ1n) is 9.78. The molecule has 0 unspecified atom stereocenters. The predicted molar refractivity (Wildman–Crippen MR) is 119 cm³/mol. The maximum atomic E-state index is 13.0. The number of amides is 1. The average Bonchev–Trinajstić information content (AvgIpc) is 2.79. The second kappa shape index (κ2) is 9.56. The fourth-order valence-corrected chi connectivity index (χ4v) is 4.61. The van der Waals surface area contributed by atoms with Crippen LogP contribution in [0.1, 0.15) is 24.2 Å². The monoisotopic (exact) mass is 423 g/mol. The van der Waals surface area contributed by atoms with Crippen LogP contribution in [-0.4, -0.2) is 31.7 Å². The number of anilines is 2. The van der Waals surface area contributed by atoms with Crippen LogP contribution < -0.4 is 10.4 Å². The number of nitrogens with one attached hydrogen (secondary N) is 1. The van der Waals surface area contributed by atoms with Crippen molar-refractivity contribution in [2.24, 2.45) is 0 Å². The zero-order valence-electron chi connectivity index (χ0n) is 17.0. The van der Waals surface area contributed by atoms with Gasteiger partial charge in [-0.1, -0.05) is 56.3 Å². The third-order valence-corrected chi connectivity index (χ3v) is 6.73. The Hall–Kier alpha value is -3.16. The molecule has 0 aliphatic heterocycles. The van der Waals surface area contributed by atoms with E-state index in [9.17, 15) is 13.2 Å². The summed E-state index contributed by atoms with van der Waals surface area (Å²) in [6.45, 7) is 4.31. The molecule has 3 aromatic rings. The van der Waals surface area contributed by atoms with Crippen LogP contribution >= 0.6 is 0 Å². The highest BCUT2D eigenvalue weighted by Crippen LogP contribution is 2.23. The average molecular weight is 424 g/mol. The lowest BCUT2D eigenvalue weighted by atomic mass is 10.2. The fourth-order valence-electron chi connectivity index (χ4n) is 3.11. The van der Waals surface area contributed by atoms with Crippen molar-refractivity contribution >= 4 is 27.3 Å². The zero-order valence-corrected chi connectivity index (χ0v) is 17.8. The van der Waals surface area contributed by atoms with Crippen molar-refractivity contribution in [3.63, 3.8) is 0 Å². The van der Waals surface area contributed by atoms with E-state index in [0.717, 1.165) is 11.4 Å². The highest BCUT2D eigenvalue weighted by Gasteiger charge is 2.23. The van der Waals surface area contributed by atoms with Gasteiger partial charge in [-0.3, -0.25) is 15.2 Å². The maximum Gasteiger partial charge on any atom is 0.270 e. The Morgan fingerprint density at radius 3 is 1.83 bits per heavy atom. The SMILES string of the molecule is CCN(CC)S(=O)(=O)c1cccc(C(=O)NN(c2ccccc2)c2ccccc2)c1. The molecule has 0 radical (unpaired) electrons. The molecule has 0 saturated heterocycles. The lowest BCUT2D eigenvalue weighted by Gasteiger charge is -2.25. The predicted octanol–water partition coefficient (Wildman–Crippen LogP) is 4.20. The molecule has 0 saturated carbocycles. The number of para-hydroxylation sites is 2. The van der Waals surface area contributed by atoms with Crippen molar-refractivity contribution in [2.45, 2.75) is 18.7 Å². The number of carbonyl (C=O) groups excluding carboxylic acids is 1. The van der Waals surface area contributed by atoms with E-state index in [1.165, 1.54) is 16.4 Å². The van der Waals surface area contributed by atoms with E-state index in [2.05, 4.69) is 5.43 Å². The Labute approximate surface area is 177 Å². The number of hydrogen-bond acceptors (Lipinski definition) is 4. The van der Waals surface area contributed by atoms with E-state index in [0.29, 0.717) is 13.1 Å². The van der Waals surface area contributed by atoms with E-state index >= 15 is 0 Å². The summed E-state index contributed by atoms with van der Waals surface area (Å²) in [6.07, 6.45) is 0. The van der Waals surface area contributed by atoms with Crippen LogP contribution in [0.4, 0.5) is 11.4 Å². The Morgan fingerprint density at radius 1 is 0.800 bits per heavy atom. The molecule has 0 spiro atoms. The summed E-state index contributed by atoms with van der Waals surface area (Å²) in [6, 6.07) is 25.0. The van der Waals surface area contributed by atoms with Gasteiger partial charge in [0.05, 0.1) is 16.3 Å².